The summed E-state index contributed by atoms with van der Waals surface area (Å²) in [6.45, 7) is 6.37. The Labute approximate surface area is 238 Å². The fourth-order valence-corrected chi connectivity index (χ4v) is 8.02. The zero-order valence-electron chi connectivity index (χ0n) is 23.8. The van der Waals surface area contributed by atoms with Crippen LogP contribution in [0, 0.1) is 54.7 Å². The van der Waals surface area contributed by atoms with E-state index in [9.17, 15) is 40.0 Å². The number of nitrogens with one attached hydrogen (secondary N) is 2. The van der Waals surface area contributed by atoms with Crippen LogP contribution in [-0.2, 0) is 9.59 Å². The molecule has 7 atom stereocenters. The first-order chi connectivity index (χ1) is 19.3. The lowest BCUT2D eigenvalue weighted by Crippen LogP contribution is -2.48. The standard InChI is InChI=1S/C29H40N4O8/c1-17(4-9-27(36)37)21-6-7-22-20(16-30-31-24-8-5-18(32(38)39)14-25(24)33(40)41)23(11-13-28(21,22)2)29(3)12-10-19(34)15-26(29)35/h5,8,14,16-17,19,21-23,30-31,34H,4,6-7,9-13,15H2,1-3H3,(H,36,37)/t17-,19+,21-,22?,23?,28-,29-/m1/s1. The number of nitro groups is 2. The number of carboxylic acid groups (broad SMARTS) is 1. The molecule has 0 amide bonds. The van der Waals surface area contributed by atoms with Crippen LogP contribution in [0.5, 0.6) is 0 Å². The van der Waals surface area contributed by atoms with E-state index in [1.54, 1.807) is 0 Å². The molecule has 1 aromatic rings. The molecular formula is C29H40N4O8. The van der Waals surface area contributed by atoms with Gasteiger partial charge in [-0.2, -0.15) is 0 Å². The van der Waals surface area contributed by atoms with Crippen molar-refractivity contribution in [1.82, 2.24) is 5.43 Å². The molecule has 0 spiro atoms. The highest BCUT2D eigenvalue weighted by Crippen LogP contribution is 2.64. The molecule has 0 saturated heterocycles. The van der Waals surface area contributed by atoms with Gasteiger partial charge in [-0.25, -0.2) is 0 Å². The van der Waals surface area contributed by atoms with Crippen LogP contribution < -0.4 is 10.9 Å². The number of hydrogen-bond donors (Lipinski definition) is 4. The molecule has 3 fully saturated rings. The van der Waals surface area contributed by atoms with Crippen molar-refractivity contribution >= 4 is 28.8 Å². The van der Waals surface area contributed by atoms with Gasteiger partial charge >= 0.3 is 11.7 Å². The molecule has 3 aliphatic rings. The van der Waals surface area contributed by atoms with Crippen molar-refractivity contribution in [3.8, 4) is 0 Å². The third-order valence-corrected chi connectivity index (χ3v) is 10.3. The number of aliphatic carboxylic acids is 1. The van der Waals surface area contributed by atoms with E-state index in [0.29, 0.717) is 25.2 Å². The third kappa shape index (κ3) is 5.93. The van der Waals surface area contributed by atoms with Gasteiger partial charge in [-0.1, -0.05) is 20.8 Å². The molecule has 4 rings (SSSR count). The van der Waals surface area contributed by atoms with Gasteiger partial charge in [0.05, 0.1) is 22.0 Å². The van der Waals surface area contributed by atoms with Gasteiger partial charge < -0.3 is 15.6 Å². The number of carbonyl (C=O) groups is 2. The number of aliphatic hydroxyl groups excluding tert-OH is 1. The van der Waals surface area contributed by atoms with E-state index in [1.807, 2.05) is 13.1 Å². The first kappa shape index (κ1) is 30.4. The predicted octanol–water partition coefficient (Wildman–Crippen LogP) is 5.37. The van der Waals surface area contributed by atoms with Gasteiger partial charge in [-0.05, 0) is 85.7 Å². The van der Waals surface area contributed by atoms with Gasteiger partial charge in [0, 0.05) is 30.5 Å². The van der Waals surface area contributed by atoms with Gasteiger partial charge in [-0.15, -0.1) is 0 Å². The van der Waals surface area contributed by atoms with Crippen molar-refractivity contribution in [2.24, 2.45) is 34.5 Å². The zero-order chi connectivity index (χ0) is 30.1. The van der Waals surface area contributed by atoms with Gasteiger partial charge in [0.1, 0.15) is 11.5 Å². The van der Waals surface area contributed by atoms with E-state index in [0.717, 1.165) is 37.3 Å². The van der Waals surface area contributed by atoms with Crippen LogP contribution in [0.25, 0.3) is 0 Å². The Balaban J connectivity index is 1.66. The molecule has 3 saturated carbocycles. The van der Waals surface area contributed by atoms with Crippen molar-refractivity contribution < 1.29 is 29.6 Å². The number of non-ortho nitro benzene ring substituents is 1. The largest absolute Gasteiger partial charge is 0.481 e. The number of aliphatic hydroxyl groups is 1. The van der Waals surface area contributed by atoms with E-state index in [1.165, 1.54) is 12.1 Å². The summed E-state index contributed by atoms with van der Waals surface area (Å²) in [5.41, 5.74) is 5.40. The summed E-state index contributed by atoms with van der Waals surface area (Å²) in [6, 6.07) is 3.38. The normalized spacial score (nSPS) is 33.2. The maximum Gasteiger partial charge on any atom is 0.303 e. The van der Waals surface area contributed by atoms with Crippen molar-refractivity contribution in [2.45, 2.75) is 84.7 Å². The summed E-state index contributed by atoms with van der Waals surface area (Å²) in [4.78, 5) is 46.0. The minimum atomic E-state index is -0.803. The summed E-state index contributed by atoms with van der Waals surface area (Å²) >= 11 is 0. The monoisotopic (exact) mass is 572 g/mol. The minimum Gasteiger partial charge on any atom is -0.481 e. The molecule has 12 nitrogen and oxygen atoms in total. The smallest absolute Gasteiger partial charge is 0.303 e. The van der Waals surface area contributed by atoms with Gasteiger partial charge in [0.2, 0.25) is 0 Å². The Bertz CT molecular complexity index is 1250. The molecule has 0 radical (unpaired) electrons. The second-order valence-corrected chi connectivity index (χ2v) is 12.6. The molecule has 224 valence electrons. The minimum absolute atomic E-state index is 0.0408. The van der Waals surface area contributed by atoms with Crippen LogP contribution >= 0.6 is 0 Å². The van der Waals surface area contributed by atoms with E-state index in [-0.39, 0.29) is 53.2 Å². The second kappa shape index (κ2) is 11.8. The SMILES string of the molecule is C[C@H](CCC(=O)O)[C@H]1CCC2C(=CNNc3ccc([N+](=O)[O-])cc3[N+](=O)[O-])C([C@@]3(C)CC[C@H](O)CC3=O)CC[C@@]21C. The van der Waals surface area contributed by atoms with Crippen LogP contribution in [0.4, 0.5) is 17.1 Å². The Morgan fingerprint density at radius 2 is 1.85 bits per heavy atom. The predicted molar refractivity (Wildman–Crippen MR) is 151 cm³/mol. The number of Topliss-reactive ketones (excluding diaryl/α,β-unsaturated/α-hetero) is 1. The molecular weight excluding hydrogens is 532 g/mol. The molecule has 41 heavy (non-hydrogen) atoms. The number of nitrogens with zero attached hydrogens (tertiary/aromatic N) is 2. The van der Waals surface area contributed by atoms with E-state index >= 15 is 0 Å². The molecule has 0 bridgehead atoms. The van der Waals surface area contributed by atoms with Crippen molar-refractivity contribution in [2.75, 3.05) is 5.43 Å². The lowest BCUT2D eigenvalue weighted by Gasteiger charge is -2.52. The molecule has 1 aromatic carbocycles. The Morgan fingerprint density at radius 3 is 2.49 bits per heavy atom. The fraction of sp³-hybridized carbons (Fsp3) is 0.655. The lowest BCUT2D eigenvalue weighted by atomic mass is 9.52. The summed E-state index contributed by atoms with van der Waals surface area (Å²) in [5.74, 6) is -0.196. The maximum absolute atomic E-state index is 13.4. The van der Waals surface area contributed by atoms with E-state index in [2.05, 4.69) is 24.7 Å². The van der Waals surface area contributed by atoms with Crippen LogP contribution in [0.15, 0.2) is 30.0 Å². The van der Waals surface area contributed by atoms with Gasteiger partial charge in [0.15, 0.2) is 0 Å². The number of carboxylic acids is 1. The average molecular weight is 573 g/mol. The van der Waals surface area contributed by atoms with Crippen molar-refractivity contribution in [3.05, 3.63) is 50.2 Å². The van der Waals surface area contributed by atoms with Crippen LogP contribution in [0.3, 0.4) is 0 Å². The molecule has 3 aliphatic carbocycles. The Kier molecular flexibility index (Phi) is 8.72. The number of carbonyl (C=O) groups excluding carboxylic acids is 1. The summed E-state index contributed by atoms with van der Waals surface area (Å²) in [5, 5.41) is 42.1. The molecule has 0 aliphatic heterocycles. The number of allylic oxidation sites excluding steroid dienone is 1. The highest BCUT2D eigenvalue weighted by Gasteiger charge is 2.57. The van der Waals surface area contributed by atoms with Crippen molar-refractivity contribution in [1.29, 1.82) is 0 Å². The second-order valence-electron chi connectivity index (χ2n) is 12.6. The Hall–Kier alpha value is -3.54. The zero-order valence-corrected chi connectivity index (χ0v) is 23.8. The molecule has 12 heteroatoms. The van der Waals surface area contributed by atoms with Gasteiger partial charge in [0.25, 0.3) is 5.69 Å². The van der Waals surface area contributed by atoms with Crippen LogP contribution in [0.2, 0.25) is 0 Å². The van der Waals surface area contributed by atoms with Gasteiger partial charge in [-0.3, -0.25) is 35.2 Å². The van der Waals surface area contributed by atoms with E-state index < -0.39 is 33.0 Å². The summed E-state index contributed by atoms with van der Waals surface area (Å²) < 4.78 is 0. The lowest BCUT2D eigenvalue weighted by molar-refractivity contribution is -0.393. The number of hydrazine groups is 1. The molecule has 2 unspecified atom stereocenters. The third-order valence-electron chi connectivity index (χ3n) is 10.3. The van der Waals surface area contributed by atoms with Crippen molar-refractivity contribution in [3.63, 3.8) is 0 Å². The fourth-order valence-electron chi connectivity index (χ4n) is 8.02. The first-order valence-electron chi connectivity index (χ1n) is 14.4. The Morgan fingerprint density at radius 1 is 1.12 bits per heavy atom. The number of anilines is 1. The number of hydrogen-bond acceptors (Lipinski definition) is 9. The summed E-state index contributed by atoms with van der Waals surface area (Å²) in [6.07, 6.45) is 6.62. The molecule has 0 aromatic heterocycles. The molecule has 0 heterocycles. The first-order valence-corrected chi connectivity index (χ1v) is 14.4. The topological polar surface area (TPSA) is 185 Å². The van der Waals surface area contributed by atoms with Crippen LogP contribution in [0.1, 0.15) is 78.6 Å². The highest BCUT2D eigenvalue weighted by atomic mass is 16.6. The quantitative estimate of drug-likeness (QED) is 0.210. The highest BCUT2D eigenvalue weighted by molar-refractivity contribution is 5.86. The number of fused-ring (bicyclic) bond motifs is 1. The number of nitro benzene ring substituents is 2. The van der Waals surface area contributed by atoms with E-state index in [4.69, 9.17) is 0 Å². The van der Waals surface area contributed by atoms with Crippen LogP contribution in [-0.4, -0.2) is 37.9 Å². The average Bonchev–Trinajstić information content (AvgIpc) is 3.27. The number of ketones is 1. The number of rotatable bonds is 10. The summed E-state index contributed by atoms with van der Waals surface area (Å²) in [7, 11) is 0. The number of benzene rings is 1. The molecule has 4 N–H and O–H groups in total. The maximum atomic E-state index is 13.4.